The van der Waals surface area contributed by atoms with Crippen LogP contribution in [0.15, 0.2) is 73.1 Å². The molecule has 0 unspecified atom stereocenters. The maximum absolute atomic E-state index is 13.2. The molecule has 1 aliphatic heterocycles. The Morgan fingerprint density at radius 2 is 1.66 bits per heavy atom. The highest BCUT2D eigenvalue weighted by atomic mass is 16.2. The normalized spacial score (nSPS) is 15.3. The zero-order valence-corrected chi connectivity index (χ0v) is 20.9. The number of aromatic nitrogens is 2. The second-order valence-electron chi connectivity index (χ2n) is 9.63. The lowest BCUT2D eigenvalue weighted by molar-refractivity contribution is -0.134. The molecule has 2 amide bonds. The van der Waals surface area contributed by atoms with Crippen molar-refractivity contribution in [1.29, 1.82) is 0 Å². The van der Waals surface area contributed by atoms with Crippen molar-refractivity contribution < 1.29 is 9.59 Å². The summed E-state index contributed by atoms with van der Waals surface area (Å²) in [4.78, 5) is 31.9. The van der Waals surface area contributed by atoms with Crippen molar-refractivity contribution in [3.8, 4) is 5.69 Å². The molecule has 0 spiro atoms. The number of benzene rings is 2. The van der Waals surface area contributed by atoms with Gasteiger partial charge < -0.3 is 14.7 Å². The molecule has 184 valence electrons. The molecule has 35 heavy (non-hydrogen) atoms. The van der Waals surface area contributed by atoms with Gasteiger partial charge in [-0.15, -0.1) is 0 Å². The summed E-state index contributed by atoms with van der Waals surface area (Å²) in [6.45, 7) is 1.80. The van der Waals surface area contributed by atoms with Crippen LogP contribution in [0.1, 0.15) is 28.8 Å². The standard InChI is InChI=1S/C28H35N5O2/c1-30(2)21-27(34)31(3)26(20-22-8-5-4-6-9-22)23-14-18-32(19-15-23)28(35)24-10-12-25(13-11-24)33-17-7-16-29-33/h4-13,16-17,23,26H,14-15,18-21H2,1-3H3/t26-/m0/s1. The van der Waals surface area contributed by atoms with Crippen LogP contribution in [-0.2, 0) is 11.2 Å². The number of amides is 2. The van der Waals surface area contributed by atoms with Gasteiger partial charge in [0.1, 0.15) is 0 Å². The molecular formula is C28H35N5O2. The van der Waals surface area contributed by atoms with E-state index in [0.717, 1.165) is 24.9 Å². The highest BCUT2D eigenvalue weighted by Crippen LogP contribution is 2.27. The van der Waals surface area contributed by atoms with E-state index in [2.05, 4.69) is 17.2 Å². The molecule has 2 heterocycles. The van der Waals surface area contributed by atoms with E-state index >= 15 is 0 Å². The second kappa shape index (κ2) is 11.3. The summed E-state index contributed by atoms with van der Waals surface area (Å²) in [6, 6.07) is 19.9. The summed E-state index contributed by atoms with van der Waals surface area (Å²) in [5.74, 6) is 0.538. The Morgan fingerprint density at radius 1 is 0.971 bits per heavy atom. The third-order valence-corrected chi connectivity index (χ3v) is 6.88. The smallest absolute Gasteiger partial charge is 0.253 e. The molecule has 4 rings (SSSR count). The highest BCUT2D eigenvalue weighted by molar-refractivity contribution is 5.94. The summed E-state index contributed by atoms with van der Waals surface area (Å²) < 4.78 is 1.78. The number of hydrogen-bond donors (Lipinski definition) is 0. The first-order valence-electron chi connectivity index (χ1n) is 12.3. The zero-order chi connectivity index (χ0) is 24.8. The van der Waals surface area contributed by atoms with Gasteiger partial charge in [0.15, 0.2) is 0 Å². The van der Waals surface area contributed by atoms with Crippen molar-refractivity contribution in [2.24, 2.45) is 5.92 Å². The van der Waals surface area contributed by atoms with Crippen LogP contribution in [0.25, 0.3) is 5.69 Å². The predicted octanol–water partition coefficient (Wildman–Crippen LogP) is 3.36. The number of likely N-dealkylation sites (tertiary alicyclic amines) is 1. The number of rotatable bonds is 8. The molecule has 1 fully saturated rings. The van der Waals surface area contributed by atoms with Gasteiger partial charge in [-0.3, -0.25) is 9.59 Å². The maximum atomic E-state index is 13.2. The Morgan fingerprint density at radius 3 is 2.26 bits per heavy atom. The average Bonchev–Trinajstić information content (AvgIpc) is 3.42. The Balaban J connectivity index is 1.41. The number of nitrogens with zero attached hydrogens (tertiary/aromatic N) is 5. The molecule has 0 bridgehead atoms. The lowest BCUT2D eigenvalue weighted by Crippen LogP contribution is -2.50. The van der Waals surface area contributed by atoms with Gasteiger partial charge in [0, 0.05) is 44.1 Å². The number of hydrogen-bond acceptors (Lipinski definition) is 4. The molecule has 1 atom stereocenters. The lowest BCUT2D eigenvalue weighted by atomic mass is 9.84. The minimum absolute atomic E-state index is 0.0621. The number of piperidine rings is 1. The Kier molecular flexibility index (Phi) is 7.98. The van der Waals surface area contributed by atoms with E-state index in [4.69, 9.17) is 0 Å². The first-order chi connectivity index (χ1) is 16.9. The van der Waals surface area contributed by atoms with Crippen LogP contribution in [0.3, 0.4) is 0 Å². The number of likely N-dealkylation sites (N-methyl/N-ethyl adjacent to an activating group) is 2. The molecule has 0 N–H and O–H groups in total. The molecule has 0 saturated carbocycles. The Labute approximate surface area is 207 Å². The van der Waals surface area contributed by atoms with Crippen LogP contribution in [0, 0.1) is 5.92 Å². The van der Waals surface area contributed by atoms with Gasteiger partial charge in [-0.2, -0.15) is 5.10 Å². The van der Waals surface area contributed by atoms with Crippen molar-refractivity contribution in [1.82, 2.24) is 24.5 Å². The Hall–Kier alpha value is -3.45. The molecule has 1 aliphatic rings. The molecule has 2 aromatic carbocycles. The molecular weight excluding hydrogens is 438 g/mol. The van der Waals surface area contributed by atoms with Crippen LogP contribution in [0.2, 0.25) is 0 Å². The van der Waals surface area contributed by atoms with Crippen LogP contribution in [-0.4, -0.2) is 83.1 Å². The first kappa shape index (κ1) is 24.7. The largest absolute Gasteiger partial charge is 0.341 e. The predicted molar refractivity (Wildman–Crippen MR) is 137 cm³/mol. The summed E-state index contributed by atoms with van der Waals surface area (Å²) in [5, 5.41) is 4.24. The average molecular weight is 474 g/mol. The minimum atomic E-state index is 0.0621. The van der Waals surface area contributed by atoms with Crippen LogP contribution in [0.4, 0.5) is 0 Å². The summed E-state index contributed by atoms with van der Waals surface area (Å²) in [7, 11) is 5.77. The minimum Gasteiger partial charge on any atom is -0.341 e. The molecule has 3 aromatic rings. The van der Waals surface area contributed by atoms with E-state index in [9.17, 15) is 9.59 Å². The zero-order valence-electron chi connectivity index (χ0n) is 20.9. The van der Waals surface area contributed by atoms with E-state index in [0.29, 0.717) is 31.1 Å². The van der Waals surface area contributed by atoms with Gasteiger partial charge in [0.25, 0.3) is 5.91 Å². The summed E-state index contributed by atoms with van der Waals surface area (Å²) in [6.07, 6.45) is 6.21. The van der Waals surface area contributed by atoms with Gasteiger partial charge in [-0.25, -0.2) is 4.68 Å². The monoisotopic (exact) mass is 473 g/mol. The fourth-order valence-corrected chi connectivity index (χ4v) is 4.89. The number of carbonyl (C=O) groups excluding carboxylic acids is 2. The van der Waals surface area contributed by atoms with Crippen molar-refractivity contribution >= 4 is 11.8 Å². The first-order valence-corrected chi connectivity index (χ1v) is 12.3. The van der Waals surface area contributed by atoms with Crippen LogP contribution < -0.4 is 0 Å². The van der Waals surface area contributed by atoms with Gasteiger partial charge in [0.05, 0.1) is 12.2 Å². The lowest BCUT2D eigenvalue weighted by Gasteiger charge is -2.40. The molecule has 0 radical (unpaired) electrons. The topological polar surface area (TPSA) is 61.7 Å². The highest BCUT2D eigenvalue weighted by Gasteiger charge is 2.33. The fourth-order valence-electron chi connectivity index (χ4n) is 4.89. The van der Waals surface area contributed by atoms with E-state index in [1.165, 1.54) is 5.56 Å². The van der Waals surface area contributed by atoms with E-state index in [1.807, 2.05) is 90.6 Å². The van der Waals surface area contributed by atoms with Gasteiger partial charge in [-0.05, 0) is 75.2 Å². The second-order valence-corrected chi connectivity index (χ2v) is 9.63. The van der Waals surface area contributed by atoms with E-state index < -0.39 is 0 Å². The van der Waals surface area contributed by atoms with Crippen molar-refractivity contribution in [2.75, 3.05) is 40.8 Å². The molecule has 7 heteroatoms. The molecule has 0 aliphatic carbocycles. The third kappa shape index (κ3) is 6.17. The summed E-state index contributed by atoms with van der Waals surface area (Å²) in [5.41, 5.74) is 2.86. The maximum Gasteiger partial charge on any atom is 0.253 e. The Bertz CT molecular complexity index is 1090. The summed E-state index contributed by atoms with van der Waals surface area (Å²) >= 11 is 0. The van der Waals surface area contributed by atoms with Crippen molar-refractivity contribution in [3.05, 3.63) is 84.2 Å². The SMILES string of the molecule is CN(C)CC(=O)N(C)[C@@H](Cc1ccccc1)C1CCN(C(=O)c2ccc(-n3cccn3)cc2)CC1. The van der Waals surface area contributed by atoms with Crippen molar-refractivity contribution in [3.63, 3.8) is 0 Å². The van der Waals surface area contributed by atoms with E-state index in [-0.39, 0.29) is 17.9 Å². The third-order valence-electron chi connectivity index (χ3n) is 6.88. The van der Waals surface area contributed by atoms with Gasteiger partial charge >= 0.3 is 0 Å². The fraction of sp³-hybridized carbons (Fsp3) is 0.393. The van der Waals surface area contributed by atoms with Crippen LogP contribution >= 0.6 is 0 Å². The van der Waals surface area contributed by atoms with Gasteiger partial charge in [0.2, 0.25) is 5.91 Å². The molecule has 7 nitrogen and oxygen atoms in total. The quantitative estimate of drug-likeness (QED) is 0.503. The number of carbonyl (C=O) groups is 2. The van der Waals surface area contributed by atoms with Crippen LogP contribution in [0.5, 0.6) is 0 Å². The molecule has 1 aromatic heterocycles. The van der Waals surface area contributed by atoms with E-state index in [1.54, 1.807) is 10.9 Å². The molecule has 1 saturated heterocycles. The van der Waals surface area contributed by atoms with Gasteiger partial charge in [-0.1, -0.05) is 30.3 Å². The van der Waals surface area contributed by atoms with Crippen molar-refractivity contribution in [2.45, 2.75) is 25.3 Å².